The lowest BCUT2D eigenvalue weighted by molar-refractivity contribution is 0.102. The molecule has 1 atom stereocenters. The van der Waals surface area contributed by atoms with Gasteiger partial charge in [0, 0.05) is 61.2 Å². The lowest BCUT2D eigenvalue weighted by Gasteiger charge is -2.16. The summed E-state index contributed by atoms with van der Waals surface area (Å²) in [4.78, 5) is 30.8. The zero-order chi connectivity index (χ0) is 30.7. The average molecular weight is 589 g/mol. The number of rotatable bonds is 10. The molecule has 0 aliphatic carbocycles. The lowest BCUT2D eigenvalue weighted by atomic mass is 10.0. The molecular weight excluding hydrogens is 558 g/mol. The highest BCUT2D eigenvalue weighted by atomic mass is 19.1. The first-order chi connectivity index (χ1) is 20.6. The van der Waals surface area contributed by atoms with Gasteiger partial charge in [0.1, 0.15) is 22.5 Å². The van der Waals surface area contributed by atoms with Crippen LogP contribution in [-0.4, -0.2) is 43.9 Å². The summed E-state index contributed by atoms with van der Waals surface area (Å²) in [6, 6.07) is 10.8. The molecule has 5 aromatic rings. The number of hydrogen-bond donors (Lipinski definition) is 4. The van der Waals surface area contributed by atoms with Crippen molar-refractivity contribution >= 4 is 28.4 Å². The Morgan fingerprint density at radius 1 is 1.07 bits per heavy atom. The smallest absolute Gasteiger partial charge is 0.261 e. The topological polar surface area (TPSA) is 134 Å². The van der Waals surface area contributed by atoms with Gasteiger partial charge in [-0.25, -0.2) is 13.8 Å². The minimum absolute atomic E-state index is 0.00139. The van der Waals surface area contributed by atoms with Gasteiger partial charge in [0.2, 0.25) is 5.43 Å². The van der Waals surface area contributed by atoms with E-state index in [2.05, 4.69) is 25.8 Å². The number of aromatic nitrogens is 4. The molecule has 222 valence electrons. The summed E-state index contributed by atoms with van der Waals surface area (Å²) in [5.41, 5.74) is 0.551. The molecule has 0 bridgehead atoms. The van der Waals surface area contributed by atoms with E-state index in [0.717, 1.165) is 6.07 Å². The van der Waals surface area contributed by atoms with Crippen molar-refractivity contribution in [1.29, 1.82) is 0 Å². The van der Waals surface area contributed by atoms with Crippen LogP contribution in [0.2, 0.25) is 0 Å². The highest BCUT2D eigenvalue weighted by Crippen LogP contribution is 2.34. The van der Waals surface area contributed by atoms with Crippen LogP contribution < -0.4 is 20.8 Å². The molecule has 0 spiro atoms. The molecule has 0 aliphatic heterocycles. The molecule has 2 aromatic carbocycles. The largest absolute Gasteiger partial charge is 0.453 e. The van der Waals surface area contributed by atoms with Gasteiger partial charge >= 0.3 is 0 Å². The van der Waals surface area contributed by atoms with E-state index in [1.54, 1.807) is 16.8 Å². The number of nitrogens with one attached hydrogen (secondary N) is 3. The minimum Gasteiger partial charge on any atom is -0.453 e. The molecule has 1 amide bonds. The molecule has 12 heteroatoms. The summed E-state index contributed by atoms with van der Waals surface area (Å²) in [6.45, 7) is 6.10. The fourth-order valence-electron chi connectivity index (χ4n) is 4.34. The summed E-state index contributed by atoms with van der Waals surface area (Å²) < 4.78 is 36.3. The summed E-state index contributed by atoms with van der Waals surface area (Å²) in [5.74, 6) is -1.32. The van der Waals surface area contributed by atoms with E-state index >= 15 is 4.39 Å². The van der Waals surface area contributed by atoms with Gasteiger partial charge in [-0.1, -0.05) is 19.1 Å². The second-order valence-corrected chi connectivity index (χ2v) is 10.4. The summed E-state index contributed by atoms with van der Waals surface area (Å²) >= 11 is 0. The van der Waals surface area contributed by atoms with Crippen LogP contribution in [0.1, 0.15) is 37.2 Å². The fourth-order valence-corrected chi connectivity index (χ4v) is 4.34. The number of aliphatic hydroxyl groups is 1. The number of amides is 1. The van der Waals surface area contributed by atoms with Gasteiger partial charge in [-0.3, -0.25) is 14.7 Å². The van der Waals surface area contributed by atoms with Crippen molar-refractivity contribution in [2.75, 3.05) is 23.8 Å². The van der Waals surface area contributed by atoms with Crippen molar-refractivity contribution in [1.82, 2.24) is 19.7 Å². The van der Waals surface area contributed by atoms with Gasteiger partial charge in [-0.2, -0.15) is 5.10 Å². The molecule has 0 saturated heterocycles. The van der Waals surface area contributed by atoms with Crippen molar-refractivity contribution in [2.45, 2.75) is 26.8 Å². The van der Waals surface area contributed by atoms with Crippen LogP contribution in [0, 0.1) is 17.6 Å². The quantitative estimate of drug-likeness (QED) is 0.164. The molecule has 5 rings (SSSR count). The van der Waals surface area contributed by atoms with Gasteiger partial charge in [-0.05, 0) is 49.6 Å². The normalized spacial score (nSPS) is 12.0. The van der Waals surface area contributed by atoms with Gasteiger partial charge in [-0.15, -0.1) is 0 Å². The van der Waals surface area contributed by atoms with Crippen LogP contribution in [0.5, 0.6) is 11.5 Å². The predicted molar refractivity (Wildman–Crippen MR) is 160 cm³/mol. The molecule has 0 unspecified atom stereocenters. The number of fused-ring (bicyclic) bond motifs is 1. The number of H-pyrrole nitrogens is 1. The zero-order valence-electron chi connectivity index (χ0n) is 23.7. The first-order valence-electron chi connectivity index (χ1n) is 13.6. The van der Waals surface area contributed by atoms with E-state index in [0.29, 0.717) is 34.7 Å². The summed E-state index contributed by atoms with van der Waals surface area (Å²) in [6.07, 6.45) is 4.55. The maximum Gasteiger partial charge on any atom is 0.261 e. The molecule has 4 N–H and O–H groups in total. The van der Waals surface area contributed by atoms with Crippen LogP contribution in [0.25, 0.3) is 22.2 Å². The minimum atomic E-state index is -0.755. The summed E-state index contributed by atoms with van der Waals surface area (Å²) in [7, 11) is 0. The second kappa shape index (κ2) is 12.4. The summed E-state index contributed by atoms with van der Waals surface area (Å²) in [5, 5.41) is 22.5. The average Bonchev–Trinajstić information content (AvgIpc) is 3.41. The second-order valence-electron chi connectivity index (χ2n) is 10.4. The Morgan fingerprint density at radius 2 is 1.84 bits per heavy atom. The monoisotopic (exact) mass is 588 g/mol. The maximum atomic E-state index is 15.2. The van der Waals surface area contributed by atoms with Crippen LogP contribution in [-0.2, 0) is 0 Å². The van der Waals surface area contributed by atoms with Crippen molar-refractivity contribution < 1.29 is 23.4 Å². The van der Waals surface area contributed by atoms with Crippen LogP contribution in [0.3, 0.4) is 0 Å². The molecule has 43 heavy (non-hydrogen) atoms. The Labute approximate surface area is 245 Å². The van der Waals surface area contributed by atoms with E-state index in [1.165, 1.54) is 48.8 Å². The Bertz CT molecular complexity index is 1840. The Hall–Kier alpha value is -5.10. The lowest BCUT2D eigenvalue weighted by Crippen LogP contribution is -2.25. The Morgan fingerprint density at radius 3 is 2.53 bits per heavy atom. The van der Waals surface area contributed by atoms with Crippen LogP contribution in [0.15, 0.2) is 71.9 Å². The van der Waals surface area contributed by atoms with E-state index in [9.17, 15) is 19.1 Å². The van der Waals surface area contributed by atoms with Gasteiger partial charge < -0.3 is 25.0 Å². The van der Waals surface area contributed by atoms with Crippen molar-refractivity contribution in [3.63, 3.8) is 0 Å². The van der Waals surface area contributed by atoms with Gasteiger partial charge in [0.05, 0.1) is 0 Å². The first kappa shape index (κ1) is 29.4. The van der Waals surface area contributed by atoms with Crippen LogP contribution in [0.4, 0.5) is 20.3 Å². The van der Waals surface area contributed by atoms with E-state index < -0.39 is 23.0 Å². The third-order valence-electron chi connectivity index (χ3n) is 6.80. The SMILES string of the molecule is CC(C)n1cc(C(=O)Nc2ccc(Oc3ccnc4[nH]nc(NC[C@@H](C)CO)c34)c(F)c2)c(=O)c(-c2ccc(F)cc2)c1. The first-order valence-corrected chi connectivity index (χ1v) is 13.6. The number of aromatic amines is 1. The third kappa shape index (κ3) is 6.38. The number of pyridine rings is 2. The number of anilines is 2. The molecule has 3 aromatic heterocycles. The highest BCUT2D eigenvalue weighted by Gasteiger charge is 2.19. The molecule has 0 fully saturated rings. The zero-order valence-corrected chi connectivity index (χ0v) is 23.7. The van der Waals surface area contributed by atoms with Crippen molar-refractivity contribution in [3.8, 4) is 22.6 Å². The standard InChI is InChI=1S/C31H30F2N6O4/c1-17(2)39-14-22(19-4-6-20(32)7-5-19)28(41)23(15-39)31(42)36-21-8-9-25(24(33)12-21)43-26-10-11-34-29-27(26)30(38-37-29)35-13-18(3)16-40/h4-12,14-15,17-18,40H,13,16H2,1-3H3,(H,36,42)(H2,34,35,37,38)/t18-/m1/s1. The number of carbonyl (C=O) groups is 1. The highest BCUT2D eigenvalue weighted by molar-refractivity contribution is 6.04. The number of aliphatic hydroxyl groups excluding tert-OH is 1. The number of halogens is 2. The van der Waals surface area contributed by atoms with Gasteiger partial charge in [0.15, 0.2) is 23.0 Å². The third-order valence-corrected chi connectivity index (χ3v) is 6.80. The van der Waals surface area contributed by atoms with Crippen LogP contribution >= 0.6 is 0 Å². The van der Waals surface area contributed by atoms with E-state index in [-0.39, 0.29) is 41.1 Å². The van der Waals surface area contributed by atoms with Crippen molar-refractivity contribution in [3.05, 3.63) is 94.5 Å². The number of hydrogen-bond acceptors (Lipinski definition) is 7. The molecule has 10 nitrogen and oxygen atoms in total. The maximum absolute atomic E-state index is 15.2. The Balaban J connectivity index is 1.39. The molecular formula is C31H30F2N6O4. The molecule has 0 radical (unpaired) electrons. The molecule has 0 saturated carbocycles. The molecule has 0 aliphatic rings. The van der Waals surface area contributed by atoms with Gasteiger partial charge in [0.25, 0.3) is 5.91 Å². The fraction of sp³-hybridized carbons (Fsp3) is 0.226. The van der Waals surface area contributed by atoms with E-state index in [1.807, 2.05) is 20.8 Å². The number of ether oxygens (including phenoxy) is 1. The Kier molecular flexibility index (Phi) is 8.48. The van der Waals surface area contributed by atoms with Crippen molar-refractivity contribution in [2.24, 2.45) is 5.92 Å². The number of carbonyl (C=O) groups excluding carboxylic acids is 1. The number of nitrogens with zero attached hydrogens (tertiary/aromatic N) is 3. The number of benzene rings is 2. The molecule has 3 heterocycles. The predicted octanol–water partition coefficient (Wildman–Crippen LogP) is 5.73. The van der Waals surface area contributed by atoms with E-state index in [4.69, 9.17) is 4.74 Å².